The van der Waals surface area contributed by atoms with Crippen LogP contribution in [0.1, 0.15) is 72.6 Å². The zero-order valence-electron chi connectivity index (χ0n) is 13.0. The predicted molar refractivity (Wildman–Crippen MR) is 79.1 cm³/mol. The third-order valence-electron chi connectivity index (χ3n) is 3.32. The maximum Gasteiger partial charge on any atom is 0.0812 e. The van der Waals surface area contributed by atoms with Gasteiger partial charge in [-0.05, 0) is 26.2 Å². The lowest BCUT2D eigenvalue weighted by Gasteiger charge is -2.14. The van der Waals surface area contributed by atoms with Gasteiger partial charge in [0.15, 0.2) is 0 Å². The molecule has 1 saturated heterocycles. The molecule has 0 aromatic carbocycles. The molecule has 0 saturated carbocycles. The molecule has 0 aliphatic carbocycles. The van der Waals surface area contributed by atoms with Gasteiger partial charge in [-0.15, -0.1) is 0 Å². The van der Waals surface area contributed by atoms with Gasteiger partial charge in [-0.1, -0.05) is 52.4 Å². The van der Waals surface area contributed by atoms with Gasteiger partial charge in [-0.3, -0.25) is 0 Å². The van der Waals surface area contributed by atoms with Crippen molar-refractivity contribution in [1.29, 1.82) is 0 Å². The summed E-state index contributed by atoms with van der Waals surface area (Å²) in [4.78, 5) is 0. The molecule has 2 nitrogen and oxygen atoms in total. The Morgan fingerprint density at radius 1 is 1.00 bits per heavy atom. The number of hydrogen-bond acceptors (Lipinski definition) is 2. The molecule has 0 radical (unpaired) electrons. The van der Waals surface area contributed by atoms with E-state index in [0.29, 0.717) is 6.10 Å². The minimum absolute atomic E-state index is 0.637. The molecule has 0 bridgehead atoms. The first-order valence-corrected chi connectivity index (χ1v) is 7.97. The monoisotopic (exact) mass is 258 g/mol. The van der Waals surface area contributed by atoms with Gasteiger partial charge in [0, 0.05) is 13.2 Å². The fourth-order valence-electron chi connectivity index (χ4n) is 2.25. The van der Waals surface area contributed by atoms with E-state index in [2.05, 4.69) is 13.8 Å². The van der Waals surface area contributed by atoms with Crippen molar-refractivity contribution in [3.05, 3.63) is 0 Å². The molecule has 2 heteroatoms. The summed E-state index contributed by atoms with van der Waals surface area (Å²) in [5.41, 5.74) is 0. The van der Waals surface area contributed by atoms with E-state index >= 15 is 0 Å². The van der Waals surface area contributed by atoms with E-state index in [4.69, 9.17) is 9.47 Å². The topological polar surface area (TPSA) is 21.8 Å². The van der Waals surface area contributed by atoms with Gasteiger partial charge in [-0.2, -0.15) is 0 Å². The van der Waals surface area contributed by atoms with Crippen LogP contribution >= 0.6 is 0 Å². The molecule has 1 aliphatic rings. The molecule has 1 heterocycles. The van der Waals surface area contributed by atoms with E-state index < -0.39 is 0 Å². The van der Waals surface area contributed by atoms with Gasteiger partial charge in [0.1, 0.15) is 0 Å². The average molecular weight is 258 g/mol. The van der Waals surface area contributed by atoms with Gasteiger partial charge in [0.25, 0.3) is 0 Å². The molecule has 1 aliphatic heterocycles. The lowest BCUT2D eigenvalue weighted by molar-refractivity contribution is 0.162. The highest BCUT2D eigenvalue weighted by Crippen LogP contribution is 2.26. The summed E-state index contributed by atoms with van der Waals surface area (Å²) in [6, 6.07) is 0. The fourth-order valence-corrected chi connectivity index (χ4v) is 2.25. The molecule has 0 spiro atoms. The smallest absolute Gasteiger partial charge is 0.0812 e. The highest BCUT2D eigenvalue weighted by atomic mass is 16.6. The van der Waals surface area contributed by atoms with E-state index in [1.165, 1.54) is 44.9 Å². The Hall–Kier alpha value is -0.0800. The Bertz CT molecular complexity index is 153. The molecule has 2 unspecified atom stereocenters. The molecule has 1 rings (SSSR count). The minimum Gasteiger partial charge on any atom is -0.382 e. The Labute approximate surface area is 114 Å². The third-order valence-corrected chi connectivity index (χ3v) is 3.32. The first-order valence-electron chi connectivity index (χ1n) is 7.97. The van der Waals surface area contributed by atoms with Crippen molar-refractivity contribution in [1.82, 2.24) is 0 Å². The summed E-state index contributed by atoms with van der Waals surface area (Å²) >= 11 is 0. The van der Waals surface area contributed by atoms with Crippen molar-refractivity contribution in [3.63, 3.8) is 0 Å². The van der Waals surface area contributed by atoms with Crippen LogP contribution in [0.4, 0.5) is 0 Å². The second kappa shape index (κ2) is 13.4. The molecular formula is C16H34O2. The molecule has 1 fully saturated rings. The summed E-state index contributed by atoms with van der Waals surface area (Å²) in [7, 11) is 0. The standard InChI is InChI=1S/C12H24O.C4H10O/c1-3-5-6-8-11(7-4-2)9-12-10-13-12;1-3-5-4-2/h11-12H,3-10H2,1-2H3;3-4H2,1-2H3. The zero-order valence-corrected chi connectivity index (χ0v) is 13.0. The molecule has 0 aromatic heterocycles. The molecular weight excluding hydrogens is 224 g/mol. The molecule has 0 amide bonds. The maximum absolute atomic E-state index is 5.29. The molecule has 2 atom stereocenters. The number of rotatable bonds is 10. The van der Waals surface area contributed by atoms with Gasteiger partial charge in [0.2, 0.25) is 0 Å². The van der Waals surface area contributed by atoms with E-state index in [-0.39, 0.29) is 0 Å². The normalized spacial score (nSPS) is 19.0. The van der Waals surface area contributed by atoms with E-state index in [1.54, 1.807) is 0 Å². The highest BCUT2D eigenvalue weighted by molar-refractivity contribution is 4.74. The number of unbranched alkanes of at least 4 members (excludes halogenated alkanes) is 2. The third kappa shape index (κ3) is 12.4. The summed E-state index contributed by atoms with van der Waals surface area (Å²) in [6.45, 7) is 11.3. The lowest BCUT2D eigenvalue weighted by Crippen LogP contribution is -2.04. The molecule has 0 N–H and O–H groups in total. The lowest BCUT2D eigenvalue weighted by atomic mass is 9.92. The first-order chi connectivity index (χ1) is 8.78. The Kier molecular flexibility index (Phi) is 13.3. The van der Waals surface area contributed by atoms with Crippen molar-refractivity contribution < 1.29 is 9.47 Å². The van der Waals surface area contributed by atoms with Crippen molar-refractivity contribution >= 4 is 0 Å². The van der Waals surface area contributed by atoms with Crippen LogP contribution in [0.15, 0.2) is 0 Å². The number of hydrogen-bond donors (Lipinski definition) is 0. The highest BCUT2D eigenvalue weighted by Gasteiger charge is 2.25. The minimum atomic E-state index is 0.637. The van der Waals surface area contributed by atoms with Crippen molar-refractivity contribution in [2.24, 2.45) is 5.92 Å². The van der Waals surface area contributed by atoms with Crippen LogP contribution in [-0.4, -0.2) is 25.9 Å². The molecule has 110 valence electrons. The largest absolute Gasteiger partial charge is 0.382 e. The van der Waals surface area contributed by atoms with Gasteiger partial charge in [0.05, 0.1) is 12.7 Å². The molecule has 0 aromatic rings. The quantitative estimate of drug-likeness (QED) is 0.414. The SMILES string of the molecule is CCCCCC(CCC)CC1CO1.CCOCC. The summed E-state index contributed by atoms with van der Waals surface area (Å²) in [6.07, 6.45) is 10.3. The van der Waals surface area contributed by atoms with Crippen LogP contribution in [0.25, 0.3) is 0 Å². The van der Waals surface area contributed by atoms with E-state index in [1.807, 2.05) is 13.8 Å². The van der Waals surface area contributed by atoms with Crippen LogP contribution in [0.3, 0.4) is 0 Å². The summed E-state index contributed by atoms with van der Waals surface area (Å²) in [5, 5.41) is 0. The van der Waals surface area contributed by atoms with Crippen LogP contribution in [-0.2, 0) is 9.47 Å². The van der Waals surface area contributed by atoms with Gasteiger partial charge in [-0.25, -0.2) is 0 Å². The summed E-state index contributed by atoms with van der Waals surface area (Å²) < 4.78 is 10.1. The second-order valence-corrected chi connectivity index (χ2v) is 5.12. The first kappa shape index (κ1) is 17.9. The Morgan fingerprint density at radius 3 is 2.06 bits per heavy atom. The van der Waals surface area contributed by atoms with Crippen LogP contribution in [0.2, 0.25) is 0 Å². The molecule has 18 heavy (non-hydrogen) atoms. The number of ether oxygens (including phenoxy) is 2. The second-order valence-electron chi connectivity index (χ2n) is 5.12. The Balaban J connectivity index is 0.000000494. The van der Waals surface area contributed by atoms with Gasteiger partial charge >= 0.3 is 0 Å². The predicted octanol–water partition coefficient (Wildman–Crippen LogP) is 4.81. The van der Waals surface area contributed by atoms with Crippen molar-refractivity contribution in [3.8, 4) is 0 Å². The summed E-state index contributed by atoms with van der Waals surface area (Å²) in [5.74, 6) is 0.948. The van der Waals surface area contributed by atoms with E-state index in [0.717, 1.165) is 25.7 Å². The van der Waals surface area contributed by atoms with Crippen molar-refractivity contribution in [2.75, 3.05) is 19.8 Å². The fraction of sp³-hybridized carbons (Fsp3) is 1.00. The average Bonchev–Trinajstić information content (AvgIpc) is 3.15. The van der Waals surface area contributed by atoms with Gasteiger partial charge < -0.3 is 9.47 Å². The number of epoxide rings is 1. The van der Waals surface area contributed by atoms with Crippen LogP contribution in [0, 0.1) is 5.92 Å². The van der Waals surface area contributed by atoms with Crippen LogP contribution < -0.4 is 0 Å². The van der Waals surface area contributed by atoms with E-state index in [9.17, 15) is 0 Å². The maximum atomic E-state index is 5.29. The Morgan fingerprint density at radius 2 is 1.67 bits per heavy atom. The zero-order chi connectivity index (χ0) is 13.6. The van der Waals surface area contributed by atoms with Crippen LogP contribution in [0.5, 0.6) is 0 Å². The van der Waals surface area contributed by atoms with Crippen molar-refractivity contribution in [2.45, 2.75) is 78.7 Å².